The smallest absolute Gasteiger partial charge is 0.0177 e. The van der Waals surface area contributed by atoms with Gasteiger partial charge >= 0.3 is 0 Å². The third-order valence-electron chi connectivity index (χ3n) is 4.16. The third-order valence-corrected chi connectivity index (χ3v) is 4.16. The molecule has 1 atom stereocenters. The van der Waals surface area contributed by atoms with Crippen molar-refractivity contribution in [1.82, 2.24) is 10.2 Å². The van der Waals surface area contributed by atoms with E-state index in [-0.39, 0.29) is 0 Å². The fourth-order valence-electron chi connectivity index (χ4n) is 3.25. The predicted octanol–water partition coefficient (Wildman–Crippen LogP) is 1.70. The van der Waals surface area contributed by atoms with Crippen LogP contribution in [0.5, 0.6) is 0 Å². The molecular formula is C15H22N2. The Bertz CT molecular complexity index is 363. The summed E-state index contributed by atoms with van der Waals surface area (Å²) in [6.45, 7) is 7.15. The molecule has 2 aliphatic rings. The molecule has 2 heteroatoms. The summed E-state index contributed by atoms with van der Waals surface area (Å²) in [6, 6.07) is 9.69. The number of fused-ring (bicyclic) bond motifs is 1. The van der Waals surface area contributed by atoms with Gasteiger partial charge in [-0.1, -0.05) is 31.2 Å². The Labute approximate surface area is 104 Å². The molecule has 1 aromatic rings. The monoisotopic (exact) mass is 230 g/mol. The highest BCUT2D eigenvalue weighted by molar-refractivity contribution is 5.33. The molecule has 1 aliphatic carbocycles. The van der Waals surface area contributed by atoms with Crippen molar-refractivity contribution in [1.29, 1.82) is 0 Å². The van der Waals surface area contributed by atoms with E-state index in [1.165, 1.54) is 32.5 Å². The minimum atomic E-state index is 0.745. The first-order valence-corrected chi connectivity index (χ1v) is 6.84. The number of nitrogens with zero attached hydrogens (tertiary/aromatic N) is 1. The van der Waals surface area contributed by atoms with Gasteiger partial charge in [0.15, 0.2) is 0 Å². The van der Waals surface area contributed by atoms with E-state index in [9.17, 15) is 0 Å². The summed E-state index contributed by atoms with van der Waals surface area (Å²) >= 11 is 0. The molecular weight excluding hydrogens is 208 g/mol. The summed E-state index contributed by atoms with van der Waals surface area (Å²) in [5.41, 5.74) is 3.14. The quantitative estimate of drug-likeness (QED) is 0.790. The normalized spacial score (nSPS) is 26.8. The fourth-order valence-corrected chi connectivity index (χ4v) is 3.25. The first-order chi connectivity index (χ1) is 8.33. The van der Waals surface area contributed by atoms with Crippen molar-refractivity contribution in [3.05, 3.63) is 35.4 Å². The zero-order valence-electron chi connectivity index (χ0n) is 10.7. The van der Waals surface area contributed by atoms with Gasteiger partial charge in [-0.2, -0.15) is 0 Å². The lowest BCUT2D eigenvalue weighted by Gasteiger charge is -2.28. The zero-order valence-corrected chi connectivity index (χ0v) is 10.7. The highest BCUT2D eigenvalue weighted by Crippen LogP contribution is 2.26. The maximum absolute atomic E-state index is 3.53. The van der Waals surface area contributed by atoms with Crippen molar-refractivity contribution in [2.45, 2.75) is 25.8 Å². The van der Waals surface area contributed by atoms with Gasteiger partial charge in [0.2, 0.25) is 0 Å². The molecule has 1 heterocycles. The molecule has 0 radical (unpaired) electrons. The molecule has 0 amide bonds. The van der Waals surface area contributed by atoms with Gasteiger partial charge in [0.05, 0.1) is 0 Å². The number of hydrogen-bond acceptors (Lipinski definition) is 2. The van der Waals surface area contributed by atoms with Crippen LogP contribution in [0.25, 0.3) is 0 Å². The maximum atomic E-state index is 3.53. The van der Waals surface area contributed by atoms with E-state index in [4.69, 9.17) is 0 Å². The average Bonchev–Trinajstić information content (AvgIpc) is 2.65. The lowest BCUT2D eigenvalue weighted by Crippen LogP contribution is -2.39. The molecule has 1 saturated heterocycles. The van der Waals surface area contributed by atoms with Gasteiger partial charge in [-0.15, -0.1) is 0 Å². The predicted molar refractivity (Wildman–Crippen MR) is 71.2 cm³/mol. The molecule has 1 aliphatic heterocycles. The fraction of sp³-hybridized carbons (Fsp3) is 0.600. The van der Waals surface area contributed by atoms with Gasteiger partial charge in [0.1, 0.15) is 0 Å². The molecule has 1 unspecified atom stereocenters. The van der Waals surface area contributed by atoms with Crippen molar-refractivity contribution in [2.75, 3.05) is 26.2 Å². The lowest BCUT2D eigenvalue weighted by molar-refractivity contribution is 0.195. The van der Waals surface area contributed by atoms with Crippen molar-refractivity contribution in [2.24, 2.45) is 5.92 Å². The first-order valence-electron chi connectivity index (χ1n) is 6.84. The number of hydrogen-bond donors (Lipinski definition) is 1. The Morgan fingerprint density at radius 2 is 1.88 bits per heavy atom. The second-order valence-corrected chi connectivity index (χ2v) is 5.64. The molecule has 3 rings (SSSR count). The van der Waals surface area contributed by atoms with Crippen LogP contribution >= 0.6 is 0 Å². The van der Waals surface area contributed by atoms with E-state index in [0.29, 0.717) is 0 Å². The topological polar surface area (TPSA) is 15.3 Å². The Morgan fingerprint density at radius 1 is 1.18 bits per heavy atom. The Morgan fingerprint density at radius 3 is 2.59 bits per heavy atom. The Kier molecular flexibility index (Phi) is 3.17. The lowest BCUT2D eigenvalue weighted by atomic mass is 10.1. The van der Waals surface area contributed by atoms with Gasteiger partial charge in [-0.05, 0) is 36.4 Å². The van der Waals surface area contributed by atoms with Gasteiger partial charge in [-0.3, -0.25) is 4.90 Å². The van der Waals surface area contributed by atoms with Crippen molar-refractivity contribution >= 4 is 0 Å². The Hall–Kier alpha value is -0.860. The average molecular weight is 230 g/mol. The molecule has 17 heavy (non-hydrogen) atoms. The van der Waals surface area contributed by atoms with Crippen molar-refractivity contribution in [3.8, 4) is 0 Å². The largest absolute Gasteiger partial charge is 0.315 e. The molecule has 1 N–H and O–H groups in total. The van der Waals surface area contributed by atoms with Crippen LogP contribution in [-0.4, -0.2) is 37.1 Å². The van der Waals surface area contributed by atoms with E-state index >= 15 is 0 Å². The minimum absolute atomic E-state index is 0.745. The van der Waals surface area contributed by atoms with E-state index in [1.54, 1.807) is 11.1 Å². The van der Waals surface area contributed by atoms with Crippen LogP contribution in [0.2, 0.25) is 0 Å². The molecule has 0 bridgehead atoms. The molecule has 2 nitrogen and oxygen atoms in total. The Balaban J connectivity index is 1.71. The second-order valence-electron chi connectivity index (χ2n) is 5.64. The molecule has 0 saturated carbocycles. The van der Waals surface area contributed by atoms with Gasteiger partial charge < -0.3 is 5.32 Å². The molecule has 1 aromatic carbocycles. The van der Waals surface area contributed by atoms with Crippen LogP contribution in [0.1, 0.15) is 18.1 Å². The molecule has 1 fully saturated rings. The van der Waals surface area contributed by atoms with Crippen LogP contribution in [0.4, 0.5) is 0 Å². The van der Waals surface area contributed by atoms with Gasteiger partial charge in [0, 0.05) is 25.7 Å². The van der Waals surface area contributed by atoms with Crippen LogP contribution in [-0.2, 0) is 12.8 Å². The highest BCUT2D eigenvalue weighted by Gasteiger charge is 2.28. The SMILES string of the molecule is CC1CNCCN(C2Cc3ccccc3C2)C1. The van der Waals surface area contributed by atoms with Crippen LogP contribution < -0.4 is 5.32 Å². The van der Waals surface area contributed by atoms with E-state index in [0.717, 1.165) is 18.5 Å². The maximum Gasteiger partial charge on any atom is 0.0177 e. The molecule has 0 spiro atoms. The third kappa shape index (κ3) is 2.38. The van der Waals surface area contributed by atoms with Crippen LogP contribution in [0.15, 0.2) is 24.3 Å². The summed E-state index contributed by atoms with van der Waals surface area (Å²) in [4.78, 5) is 2.70. The number of rotatable bonds is 1. The van der Waals surface area contributed by atoms with E-state index in [2.05, 4.69) is 41.4 Å². The summed E-state index contributed by atoms with van der Waals surface area (Å²) < 4.78 is 0. The van der Waals surface area contributed by atoms with Crippen molar-refractivity contribution < 1.29 is 0 Å². The summed E-state index contributed by atoms with van der Waals surface area (Å²) in [5.74, 6) is 0.779. The van der Waals surface area contributed by atoms with Gasteiger partial charge in [0.25, 0.3) is 0 Å². The summed E-state index contributed by atoms with van der Waals surface area (Å²) in [5, 5.41) is 3.53. The second kappa shape index (κ2) is 4.79. The van der Waals surface area contributed by atoms with Crippen LogP contribution in [0, 0.1) is 5.92 Å². The van der Waals surface area contributed by atoms with E-state index in [1.807, 2.05) is 0 Å². The molecule has 92 valence electrons. The minimum Gasteiger partial charge on any atom is -0.315 e. The van der Waals surface area contributed by atoms with Crippen molar-refractivity contribution in [3.63, 3.8) is 0 Å². The summed E-state index contributed by atoms with van der Waals surface area (Å²) in [6.07, 6.45) is 2.51. The standard InChI is InChI=1S/C15H22N2/c1-12-10-16-6-7-17(11-12)15-8-13-4-2-3-5-14(13)9-15/h2-5,12,15-16H,6-11H2,1H3. The highest BCUT2D eigenvalue weighted by atomic mass is 15.2. The first kappa shape index (κ1) is 11.2. The number of benzene rings is 1. The van der Waals surface area contributed by atoms with E-state index < -0.39 is 0 Å². The number of nitrogens with one attached hydrogen (secondary N) is 1. The van der Waals surface area contributed by atoms with Crippen LogP contribution in [0.3, 0.4) is 0 Å². The zero-order chi connectivity index (χ0) is 11.7. The summed E-state index contributed by atoms with van der Waals surface area (Å²) in [7, 11) is 0. The molecule has 0 aromatic heterocycles. The van der Waals surface area contributed by atoms with Gasteiger partial charge in [-0.25, -0.2) is 0 Å².